The lowest BCUT2D eigenvalue weighted by atomic mass is 9.98. The van der Waals surface area contributed by atoms with Crippen molar-refractivity contribution in [1.29, 1.82) is 0 Å². The largest absolute Gasteiger partial charge is 0.508 e. The van der Waals surface area contributed by atoms with Crippen molar-refractivity contribution in [3.05, 3.63) is 47.2 Å². The van der Waals surface area contributed by atoms with Crippen LogP contribution in [0.1, 0.15) is 17.5 Å². The second-order valence-corrected chi connectivity index (χ2v) is 9.05. The summed E-state index contributed by atoms with van der Waals surface area (Å²) in [7, 11) is 0. The molecule has 0 aliphatic carbocycles. The van der Waals surface area contributed by atoms with Gasteiger partial charge in [-0.3, -0.25) is 4.79 Å². The van der Waals surface area contributed by atoms with Crippen LogP contribution in [0.3, 0.4) is 0 Å². The first-order chi connectivity index (χ1) is 18.8. The number of phenolic OH excluding ortho intramolecular Hbond substituents is 4. The van der Waals surface area contributed by atoms with E-state index in [9.17, 15) is 50.4 Å². The first-order valence-electron chi connectivity index (χ1n) is 11.8. The van der Waals surface area contributed by atoms with Crippen LogP contribution in [0.25, 0.3) is 5.76 Å². The molecule has 2 aromatic rings. The maximum absolute atomic E-state index is 11.9. The number of carboxylic acids is 1. The number of ether oxygens (including phenoxy) is 4. The Hall–Kier alpha value is -4.28. The summed E-state index contributed by atoms with van der Waals surface area (Å²) < 4.78 is 21.9. The van der Waals surface area contributed by atoms with Crippen molar-refractivity contribution in [2.45, 2.75) is 49.7 Å². The number of aliphatic hydroxyl groups is 4. The Balaban J connectivity index is 1.61. The molecule has 0 bridgehead atoms. The Bertz CT molecular complexity index is 1320. The summed E-state index contributed by atoms with van der Waals surface area (Å²) in [4.78, 5) is 22.6. The number of carboxylic acid groups (broad SMARTS) is 1. The van der Waals surface area contributed by atoms with E-state index >= 15 is 0 Å². The second-order valence-electron chi connectivity index (χ2n) is 9.05. The number of fused-ring (bicyclic) bond motifs is 1. The zero-order valence-corrected chi connectivity index (χ0v) is 20.4. The molecule has 0 amide bonds. The molecular formula is C25H26O15. The molecule has 15 nitrogen and oxygen atoms in total. The van der Waals surface area contributed by atoms with Gasteiger partial charge in [-0.2, -0.15) is 0 Å². The van der Waals surface area contributed by atoms with E-state index in [4.69, 9.17) is 24.1 Å². The van der Waals surface area contributed by atoms with Gasteiger partial charge in [0.1, 0.15) is 54.0 Å². The number of hydrogen-bond acceptors (Lipinski definition) is 14. The van der Waals surface area contributed by atoms with Gasteiger partial charge in [0.2, 0.25) is 6.29 Å². The van der Waals surface area contributed by atoms with Gasteiger partial charge >= 0.3 is 11.9 Å². The van der Waals surface area contributed by atoms with Crippen LogP contribution in [0.15, 0.2) is 36.1 Å². The monoisotopic (exact) mass is 566 g/mol. The van der Waals surface area contributed by atoms with Crippen molar-refractivity contribution in [2.75, 3.05) is 6.61 Å². The summed E-state index contributed by atoms with van der Waals surface area (Å²) in [5, 5.41) is 89.4. The predicted octanol–water partition coefficient (Wildman–Crippen LogP) is -0.984. The molecule has 1 saturated heterocycles. The highest BCUT2D eigenvalue weighted by Gasteiger charge is 2.46. The van der Waals surface area contributed by atoms with E-state index in [-0.39, 0.29) is 46.3 Å². The highest BCUT2D eigenvalue weighted by molar-refractivity contribution is 5.80. The molecule has 0 saturated carbocycles. The topological polar surface area (TPSA) is 253 Å². The smallest absolute Gasteiger partial charge is 0.335 e. The summed E-state index contributed by atoms with van der Waals surface area (Å²) >= 11 is 0. The van der Waals surface area contributed by atoms with Crippen LogP contribution in [0.5, 0.6) is 28.7 Å². The number of aliphatic carboxylic acids is 1. The van der Waals surface area contributed by atoms with Gasteiger partial charge in [-0.25, -0.2) is 4.79 Å². The van der Waals surface area contributed by atoms with Crippen molar-refractivity contribution in [3.8, 4) is 28.7 Å². The fourth-order valence-electron chi connectivity index (χ4n) is 4.07. The van der Waals surface area contributed by atoms with Crippen LogP contribution in [0.2, 0.25) is 0 Å². The summed E-state index contributed by atoms with van der Waals surface area (Å²) in [6, 6.07) is 5.89. The Labute approximate surface area is 224 Å². The Morgan fingerprint density at radius 1 is 0.950 bits per heavy atom. The Kier molecular flexibility index (Phi) is 8.22. The Morgan fingerprint density at radius 3 is 2.35 bits per heavy atom. The van der Waals surface area contributed by atoms with Crippen molar-refractivity contribution in [3.63, 3.8) is 0 Å². The third-order valence-corrected chi connectivity index (χ3v) is 6.17. The molecule has 40 heavy (non-hydrogen) atoms. The number of allylic oxidation sites excluding steroid dienone is 1. The normalized spacial score (nSPS) is 24.9. The van der Waals surface area contributed by atoms with E-state index in [1.165, 1.54) is 12.1 Å². The second kappa shape index (κ2) is 11.4. The molecule has 1 fully saturated rings. The van der Waals surface area contributed by atoms with Gasteiger partial charge in [-0.05, 0) is 18.2 Å². The molecule has 4 rings (SSSR count). The summed E-state index contributed by atoms with van der Waals surface area (Å²) in [5.74, 6) is -4.61. The van der Waals surface area contributed by atoms with Gasteiger partial charge in [0.05, 0.1) is 6.42 Å². The zero-order chi connectivity index (χ0) is 29.3. The minimum Gasteiger partial charge on any atom is -0.508 e. The lowest BCUT2D eigenvalue weighted by molar-refractivity contribution is -0.292. The number of aliphatic hydroxyl groups excluding tert-OH is 4. The summed E-state index contributed by atoms with van der Waals surface area (Å²) in [6.45, 7) is -0.766. The number of rotatable bonds is 8. The number of aromatic hydroxyl groups is 4. The zero-order valence-electron chi connectivity index (χ0n) is 20.4. The van der Waals surface area contributed by atoms with E-state index in [1.807, 2.05) is 0 Å². The summed E-state index contributed by atoms with van der Waals surface area (Å²) in [5.41, 5.74) is 0.311. The van der Waals surface area contributed by atoms with Gasteiger partial charge in [0.15, 0.2) is 23.4 Å². The molecular weight excluding hydrogens is 540 g/mol. The van der Waals surface area contributed by atoms with Crippen LogP contribution >= 0.6 is 0 Å². The van der Waals surface area contributed by atoms with Gasteiger partial charge in [-0.1, -0.05) is 0 Å². The molecule has 15 heteroatoms. The Morgan fingerprint density at radius 2 is 1.68 bits per heavy atom. The maximum Gasteiger partial charge on any atom is 0.335 e. The minimum atomic E-state index is -2.00. The SMILES string of the molecule is O=C(O)C[C@H](O)C(=O)OC[C@@H]1O[C@H](OC2=C(c3ccc(O)c(O)c3)Oc3cc(O)cc(O)c3C2)[C@@H](O)[C@H](O)[C@H]1O. The van der Waals surface area contributed by atoms with Crippen LogP contribution in [-0.4, -0.2) is 101 Å². The molecule has 2 heterocycles. The fourth-order valence-corrected chi connectivity index (χ4v) is 4.07. The third kappa shape index (κ3) is 5.98. The number of esters is 1. The standard InChI is InChI=1S/C25H26O15/c26-10-4-13(28)11-6-17(23(38-16(11)5-10)9-1-2-12(27)14(29)3-9)39-25-22(35)21(34)20(33)18(40-25)8-37-24(36)15(30)7-19(31)32/h1-5,15,18,20-22,25-30,33-35H,6-8H2,(H,31,32)/t15-,18-,20-,21+,22-,25-/m0/s1. The molecule has 0 aromatic heterocycles. The van der Waals surface area contributed by atoms with Crippen LogP contribution in [0.4, 0.5) is 0 Å². The molecule has 0 spiro atoms. The predicted molar refractivity (Wildman–Crippen MR) is 128 cm³/mol. The maximum atomic E-state index is 11.9. The van der Waals surface area contributed by atoms with Crippen molar-refractivity contribution in [1.82, 2.24) is 0 Å². The lowest BCUT2D eigenvalue weighted by Gasteiger charge is -2.40. The van der Waals surface area contributed by atoms with Crippen molar-refractivity contribution >= 4 is 17.7 Å². The molecule has 2 aliphatic rings. The molecule has 2 aliphatic heterocycles. The average Bonchev–Trinajstić information content (AvgIpc) is 2.89. The number of carbonyl (C=O) groups excluding carboxylic acids is 1. The van der Waals surface area contributed by atoms with E-state index in [2.05, 4.69) is 0 Å². The first kappa shape index (κ1) is 28.7. The molecule has 0 unspecified atom stereocenters. The molecule has 9 N–H and O–H groups in total. The number of benzene rings is 2. The third-order valence-electron chi connectivity index (χ3n) is 6.17. The van der Waals surface area contributed by atoms with E-state index < -0.39 is 73.3 Å². The molecule has 6 atom stereocenters. The highest BCUT2D eigenvalue weighted by atomic mass is 16.7. The minimum absolute atomic E-state index is 0.0256. The quantitative estimate of drug-likeness (QED) is 0.137. The molecule has 216 valence electrons. The van der Waals surface area contributed by atoms with Crippen LogP contribution in [0, 0.1) is 0 Å². The van der Waals surface area contributed by atoms with E-state index in [1.54, 1.807) is 0 Å². The van der Waals surface area contributed by atoms with Gasteiger partial charge in [0, 0.05) is 29.7 Å². The molecule has 2 aromatic carbocycles. The van der Waals surface area contributed by atoms with Gasteiger partial charge in [-0.15, -0.1) is 0 Å². The average molecular weight is 566 g/mol. The molecule has 0 radical (unpaired) electrons. The van der Waals surface area contributed by atoms with Crippen molar-refractivity contribution in [2.24, 2.45) is 0 Å². The van der Waals surface area contributed by atoms with Gasteiger partial charge in [0.25, 0.3) is 0 Å². The number of phenols is 4. The first-order valence-corrected chi connectivity index (χ1v) is 11.8. The lowest BCUT2D eigenvalue weighted by Crippen LogP contribution is -2.59. The number of carbonyl (C=O) groups is 2. The van der Waals surface area contributed by atoms with Gasteiger partial charge < -0.3 is 64.9 Å². The fraction of sp³-hybridized carbons (Fsp3) is 0.360. The highest BCUT2D eigenvalue weighted by Crippen LogP contribution is 2.43. The van der Waals surface area contributed by atoms with E-state index in [0.717, 1.165) is 18.2 Å². The van der Waals surface area contributed by atoms with E-state index in [0.29, 0.717) is 0 Å². The van der Waals surface area contributed by atoms with Crippen LogP contribution < -0.4 is 4.74 Å². The summed E-state index contributed by atoms with van der Waals surface area (Å²) in [6.07, 6.45) is -11.9. The van der Waals surface area contributed by atoms with Crippen LogP contribution in [-0.2, 0) is 30.2 Å². The van der Waals surface area contributed by atoms with Crippen molar-refractivity contribution < 1.29 is 74.5 Å². The number of hydrogen-bond donors (Lipinski definition) is 9.